The number of hydrogen-bond acceptors (Lipinski definition) is 10. The first-order chi connectivity index (χ1) is 30.8. The number of carboxylic acid groups (broad SMARTS) is 4. The number of carboxylic acids is 4. The van der Waals surface area contributed by atoms with Crippen LogP contribution in [0.1, 0.15) is 101 Å². The van der Waals surface area contributed by atoms with Crippen LogP contribution in [0.15, 0.2) is 72.8 Å². The van der Waals surface area contributed by atoms with E-state index in [0.717, 1.165) is 33.2 Å². The number of unbranched alkanes of at least 4 members (excludes halogenated alkanes) is 5. The second-order valence-electron chi connectivity index (χ2n) is 15.7. The molecule has 3 atom stereocenters. The maximum Gasteiger partial charge on any atom is 0.326 e. The SMILES string of the molecule is O=C(O)CC[C@H](NC(=O)N[C@@H](CCCCNC(=O)CCCCCCC(=O)N[C@@H](CCCCN(Cc1ccc2ccccc2n1)Cc1ccc2ccccc2n1)C(=O)O)C(=O)O)C(=O)O.[Re]. The number of para-hydroxylation sites is 2. The molecular weight excluding hydrogens is 1010 g/mol. The molecule has 65 heavy (non-hydrogen) atoms. The van der Waals surface area contributed by atoms with Crippen LogP contribution in [-0.2, 0) is 62.3 Å². The number of rotatable bonds is 30. The summed E-state index contributed by atoms with van der Waals surface area (Å²) in [6.45, 7) is 2.13. The topological polar surface area (TPSA) is 278 Å². The third kappa shape index (κ3) is 20.1. The summed E-state index contributed by atoms with van der Waals surface area (Å²) >= 11 is 0. The molecule has 18 nitrogen and oxygen atoms in total. The molecule has 2 aromatic carbocycles. The quantitative estimate of drug-likeness (QED) is 0.0311. The maximum absolute atomic E-state index is 12.7. The fraction of sp³-hybridized carbons (Fsp3) is 0.457. The van der Waals surface area contributed by atoms with Crippen LogP contribution in [0.25, 0.3) is 21.8 Å². The zero-order chi connectivity index (χ0) is 46.3. The summed E-state index contributed by atoms with van der Waals surface area (Å²) in [5.41, 5.74) is 3.68. The molecule has 0 saturated carbocycles. The average Bonchev–Trinajstić information content (AvgIpc) is 3.26. The van der Waals surface area contributed by atoms with Gasteiger partial charge in [-0.2, -0.15) is 0 Å². The van der Waals surface area contributed by atoms with Crippen molar-refractivity contribution in [3.8, 4) is 0 Å². The van der Waals surface area contributed by atoms with Crippen molar-refractivity contribution in [3.63, 3.8) is 0 Å². The number of nitrogens with one attached hydrogen (secondary N) is 4. The van der Waals surface area contributed by atoms with Gasteiger partial charge in [0.15, 0.2) is 0 Å². The number of fused-ring (bicyclic) bond motifs is 2. The van der Waals surface area contributed by atoms with Gasteiger partial charge in [-0.25, -0.2) is 19.2 Å². The molecule has 351 valence electrons. The Bertz CT molecular complexity index is 2130. The third-order valence-corrected chi connectivity index (χ3v) is 10.6. The van der Waals surface area contributed by atoms with Gasteiger partial charge in [-0.05, 0) is 88.6 Å². The number of aromatic nitrogens is 2. The Balaban J connectivity index is 0.0000112. The second-order valence-corrected chi connectivity index (χ2v) is 15.7. The molecular formula is C46H59N7O11Re. The number of aliphatic carboxylic acids is 4. The fourth-order valence-electron chi connectivity index (χ4n) is 7.13. The zero-order valence-corrected chi connectivity index (χ0v) is 39.0. The molecule has 19 heteroatoms. The molecule has 2 heterocycles. The van der Waals surface area contributed by atoms with Gasteiger partial charge in [0.1, 0.15) is 18.1 Å². The van der Waals surface area contributed by atoms with Crippen molar-refractivity contribution < 1.29 is 74.4 Å². The van der Waals surface area contributed by atoms with E-state index in [2.05, 4.69) is 38.3 Å². The molecule has 1 radical (unpaired) electrons. The minimum Gasteiger partial charge on any atom is -0.481 e. The number of hydrogen-bond donors (Lipinski definition) is 8. The Morgan fingerprint density at radius 2 is 0.985 bits per heavy atom. The van der Waals surface area contributed by atoms with Gasteiger partial charge in [-0.3, -0.25) is 29.3 Å². The predicted octanol–water partition coefficient (Wildman–Crippen LogP) is 5.22. The van der Waals surface area contributed by atoms with Crippen molar-refractivity contribution in [1.29, 1.82) is 0 Å². The first-order valence-electron chi connectivity index (χ1n) is 21.7. The number of urea groups is 1. The van der Waals surface area contributed by atoms with E-state index in [1.54, 1.807) is 0 Å². The largest absolute Gasteiger partial charge is 0.481 e. The number of nitrogens with zero attached hydrogens (tertiary/aromatic N) is 3. The molecule has 0 aliphatic carbocycles. The van der Waals surface area contributed by atoms with Gasteiger partial charge in [0.05, 0.1) is 22.4 Å². The molecule has 0 fully saturated rings. The first-order valence-corrected chi connectivity index (χ1v) is 21.7. The summed E-state index contributed by atoms with van der Waals surface area (Å²) < 4.78 is 0. The zero-order valence-electron chi connectivity index (χ0n) is 36.3. The van der Waals surface area contributed by atoms with Gasteiger partial charge >= 0.3 is 29.9 Å². The molecule has 0 aliphatic heterocycles. The summed E-state index contributed by atoms with van der Waals surface area (Å²) in [7, 11) is 0. The van der Waals surface area contributed by atoms with E-state index in [1.165, 1.54) is 0 Å². The minimum absolute atomic E-state index is 0. The fourth-order valence-corrected chi connectivity index (χ4v) is 7.13. The average molecular weight is 1070 g/mol. The standard InChI is InChI=1S/C46H59N7O11.Re/c54-40(47-27-11-9-17-38(44(60)61)51-46(64)52-39(45(62)63)25-26-42(56)57)19-3-1-2-4-20-41(55)50-37(43(58)59)18-10-12-28-53(29-33-23-21-31-13-5-7-15-35(31)48-33)30-34-24-22-32-14-6-8-16-36(32)49-34;/h5-8,13-16,21-24,37-39H,1-4,9-12,17-20,25-30H2,(H,47,54)(H,50,55)(H,56,57)(H,58,59)(H,60,61)(H,62,63)(H2,51,52,64);/t37-,38-,39-;/m0./s1. The van der Waals surface area contributed by atoms with Crippen molar-refractivity contribution in [3.05, 3.63) is 84.2 Å². The molecule has 4 amide bonds. The van der Waals surface area contributed by atoms with Crippen LogP contribution in [0.4, 0.5) is 4.79 Å². The van der Waals surface area contributed by atoms with E-state index in [4.69, 9.17) is 15.1 Å². The number of amides is 4. The number of pyridine rings is 2. The summed E-state index contributed by atoms with van der Waals surface area (Å²) in [4.78, 5) is 94.8. The monoisotopic (exact) mass is 1070 g/mol. The Hall–Kier alpha value is -6.03. The van der Waals surface area contributed by atoms with E-state index in [9.17, 15) is 48.9 Å². The van der Waals surface area contributed by atoms with Crippen molar-refractivity contribution in [2.24, 2.45) is 0 Å². The smallest absolute Gasteiger partial charge is 0.326 e. The van der Waals surface area contributed by atoms with Crippen LogP contribution >= 0.6 is 0 Å². The summed E-state index contributed by atoms with van der Waals surface area (Å²) in [5, 5.41) is 49.1. The molecule has 4 rings (SSSR count). The van der Waals surface area contributed by atoms with E-state index >= 15 is 0 Å². The second kappa shape index (κ2) is 28.7. The van der Waals surface area contributed by atoms with Crippen LogP contribution < -0.4 is 21.3 Å². The molecule has 0 unspecified atom stereocenters. The van der Waals surface area contributed by atoms with Gasteiger partial charge in [0, 0.05) is 70.1 Å². The van der Waals surface area contributed by atoms with Crippen molar-refractivity contribution in [1.82, 2.24) is 36.1 Å². The number of carbonyl (C=O) groups excluding carboxylic acids is 3. The van der Waals surface area contributed by atoms with Gasteiger partial charge in [-0.15, -0.1) is 0 Å². The first kappa shape index (κ1) is 53.3. The maximum atomic E-state index is 12.7. The molecule has 4 aromatic rings. The third-order valence-electron chi connectivity index (χ3n) is 10.6. The van der Waals surface area contributed by atoms with Crippen LogP contribution in [0, 0.1) is 0 Å². The molecule has 8 N–H and O–H groups in total. The van der Waals surface area contributed by atoms with Gasteiger partial charge < -0.3 is 41.7 Å². The molecule has 0 aliphatic rings. The van der Waals surface area contributed by atoms with E-state index in [-0.39, 0.29) is 70.9 Å². The summed E-state index contributed by atoms with van der Waals surface area (Å²) in [6, 6.07) is 19.2. The minimum atomic E-state index is -1.50. The van der Waals surface area contributed by atoms with Crippen molar-refractivity contribution in [2.75, 3.05) is 13.1 Å². The number of benzene rings is 2. The summed E-state index contributed by atoms with van der Waals surface area (Å²) in [6.07, 6.45) is 4.39. The Kier molecular flexibility index (Phi) is 23.5. The van der Waals surface area contributed by atoms with Crippen LogP contribution in [0.2, 0.25) is 0 Å². The normalized spacial score (nSPS) is 12.4. The Morgan fingerprint density at radius 1 is 0.508 bits per heavy atom. The van der Waals surface area contributed by atoms with Gasteiger partial charge in [0.25, 0.3) is 0 Å². The molecule has 0 spiro atoms. The van der Waals surface area contributed by atoms with Crippen LogP contribution in [-0.4, -0.2) is 108 Å². The summed E-state index contributed by atoms with van der Waals surface area (Å²) in [5.74, 6) is -5.63. The van der Waals surface area contributed by atoms with Crippen molar-refractivity contribution in [2.45, 2.75) is 121 Å². The van der Waals surface area contributed by atoms with Crippen molar-refractivity contribution >= 4 is 63.5 Å². The number of carbonyl (C=O) groups is 7. The van der Waals surface area contributed by atoms with Gasteiger partial charge in [0.2, 0.25) is 11.8 Å². The Labute approximate surface area is 391 Å². The van der Waals surface area contributed by atoms with E-state index in [1.807, 2.05) is 60.7 Å². The Morgan fingerprint density at radius 3 is 1.51 bits per heavy atom. The van der Waals surface area contributed by atoms with Crippen LogP contribution in [0.3, 0.4) is 0 Å². The van der Waals surface area contributed by atoms with Crippen LogP contribution in [0.5, 0.6) is 0 Å². The van der Waals surface area contributed by atoms with E-state index < -0.39 is 54.5 Å². The molecule has 2 aromatic heterocycles. The van der Waals surface area contributed by atoms with E-state index in [0.29, 0.717) is 71.0 Å². The van der Waals surface area contributed by atoms with Gasteiger partial charge in [-0.1, -0.05) is 61.4 Å². The molecule has 0 bridgehead atoms. The molecule has 0 saturated heterocycles. The predicted molar refractivity (Wildman–Crippen MR) is 237 cm³/mol.